The van der Waals surface area contributed by atoms with Gasteiger partial charge < -0.3 is 15.4 Å². The van der Waals surface area contributed by atoms with E-state index in [1.54, 1.807) is 23.1 Å². The van der Waals surface area contributed by atoms with Crippen molar-refractivity contribution in [2.45, 2.75) is 12.0 Å². The molecule has 2 aliphatic rings. The number of hydrogen-bond acceptors (Lipinski definition) is 5. The van der Waals surface area contributed by atoms with Gasteiger partial charge >= 0.3 is 0 Å². The van der Waals surface area contributed by atoms with Gasteiger partial charge in [-0.15, -0.1) is 5.10 Å². The number of H-pyrrole nitrogens is 1. The maximum atomic E-state index is 14.6. The minimum Gasteiger partial charge on any atom is -0.420 e. The van der Waals surface area contributed by atoms with Crippen LogP contribution in [0.25, 0.3) is 11.3 Å². The largest absolute Gasteiger partial charge is 0.420 e. The van der Waals surface area contributed by atoms with Crippen LogP contribution in [0, 0.1) is 11.3 Å². The molecule has 0 fully saturated rings. The second kappa shape index (κ2) is 8.16. The monoisotopic (exact) mass is 513 g/mol. The molecule has 6 rings (SSSR count). The smallest absolute Gasteiger partial charge is 0.248 e. The van der Waals surface area contributed by atoms with Crippen LogP contribution in [0.15, 0.2) is 84.3 Å². The van der Waals surface area contributed by atoms with Crippen molar-refractivity contribution in [2.24, 2.45) is 5.73 Å². The molecule has 4 aromatic rings. The highest BCUT2D eigenvalue weighted by molar-refractivity contribution is 6.35. The van der Waals surface area contributed by atoms with Crippen molar-refractivity contribution < 1.29 is 9.53 Å². The van der Waals surface area contributed by atoms with Crippen molar-refractivity contribution in [1.82, 2.24) is 10.2 Å². The number of carbonyl (C=O) groups is 1. The molecule has 1 atom stereocenters. The van der Waals surface area contributed by atoms with Crippen molar-refractivity contribution in [3.63, 3.8) is 0 Å². The van der Waals surface area contributed by atoms with Gasteiger partial charge in [0, 0.05) is 26.9 Å². The number of aromatic nitrogens is 2. The predicted octanol–water partition coefficient (Wildman–Crippen LogP) is 5.30. The number of nitrogens with two attached hydrogens (primary N) is 1. The number of nitrogens with one attached hydrogen (secondary N) is 1. The van der Waals surface area contributed by atoms with E-state index in [0.29, 0.717) is 38.1 Å². The lowest BCUT2D eigenvalue weighted by Gasteiger charge is -2.33. The summed E-state index contributed by atoms with van der Waals surface area (Å²) >= 11 is 12.6. The van der Waals surface area contributed by atoms with Crippen LogP contribution in [-0.4, -0.2) is 16.1 Å². The second-order valence-corrected chi connectivity index (χ2v) is 9.34. The van der Waals surface area contributed by atoms with E-state index in [1.165, 1.54) is 0 Å². The van der Waals surface area contributed by atoms with E-state index in [0.717, 1.165) is 5.56 Å². The predicted molar refractivity (Wildman–Crippen MR) is 136 cm³/mol. The van der Waals surface area contributed by atoms with E-state index >= 15 is 0 Å². The molecule has 7 nitrogen and oxygen atoms in total. The number of benzene rings is 3. The van der Waals surface area contributed by atoms with Gasteiger partial charge in [-0.3, -0.25) is 9.89 Å². The van der Waals surface area contributed by atoms with Crippen molar-refractivity contribution in [3.8, 4) is 23.2 Å². The SMILES string of the molecule is N#CC1=C(N)Oc2n[nH]c(-c3ccccc3)c2[C@@]12C(=O)N(Cc1ccc(Cl)cc1Cl)c1ccccc12. The van der Waals surface area contributed by atoms with Gasteiger partial charge in [0.2, 0.25) is 17.7 Å². The molecule has 9 heteroatoms. The van der Waals surface area contributed by atoms with Crippen LogP contribution in [0.1, 0.15) is 16.7 Å². The summed E-state index contributed by atoms with van der Waals surface area (Å²) in [6, 6.07) is 24.1. The summed E-state index contributed by atoms with van der Waals surface area (Å²) in [6.07, 6.45) is 0. The maximum absolute atomic E-state index is 14.6. The highest BCUT2D eigenvalue weighted by atomic mass is 35.5. The molecule has 2 aliphatic heterocycles. The number of ether oxygens (including phenoxy) is 1. The number of carbonyl (C=O) groups excluding carboxylic acids is 1. The molecule has 1 spiro atoms. The van der Waals surface area contributed by atoms with Crippen LogP contribution in [0.4, 0.5) is 5.69 Å². The van der Waals surface area contributed by atoms with Crippen LogP contribution in [-0.2, 0) is 16.8 Å². The third-order valence-corrected chi connectivity index (χ3v) is 7.21. The average Bonchev–Trinajstić information content (AvgIpc) is 3.40. The van der Waals surface area contributed by atoms with E-state index in [4.69, 9.17) is 33.7 Å². The minimum absolute atomic E-state index is 0.00994. The standard InChI is InChI=1S/C27H17Cl2N5O2/c28-17-11-10-16(20(29)12-17)14-34-21-9-5-4-8-18(21)27(26(34)35)19(13-30)24(31)36-25-22(27)23(32-33-25)15-6-2-1-3-7-15/h1-12H,14,31H2,(H,32,33)/t27-/m0/s1. The fourth-order valence-corrected chi connectivity index (χ4v) is 5.55. The minimum atomic E-state index is -1.56. The van der Waals surface area contributed by atoms with E-state index < -0.39 is 5.41 Å². The lowest BCUT2D eigenvalue weighted by atomic mass is 9.68. The Morgan fingerprint density at radius 3 is 2.58 bits per heavy atom. The highest BCUT2D eigenvalue weighted by Crippen LogP contribution is 2.57. The molecule has 36 heavy (non-hydrogen) atoms. The number of aromatic amines is 1. The first-order valence-corrected chi connectivity index (χ1v) is 11.8. The number of rotatable bonds is 3. The normalized spacial score (nSPS) is 18.1. The molecule has 0 aliphatic carbocycles. The summed E-state index contributed by atoms with van der Waals surface area (Å²) in [5, 5.41) is 18.6. The van der Waals surface area contributed by atoms with Gasteiger partial charge in [-0.25, -0.2) is 0 Å². The van der Waals surface area contributed by atoms with Crippen molar-refractivity contribution in [1.29, 1.82) is 5.26 Å². The molecule has 1 aromatic heterocycles. The maximum Gasteiger partial charge on any atom is 0.248 e. The number of fused-ring (bicyclic) bond motifs is 4. The van der Waals surface area contributed by atoms with E-state index in [9.17, 15) is 10.1 Å². The fraction of sp³-hybridized carbons (Fsp3) is 0.0741. The van der Waals surface area contributed by atoms with Crippen LogP contribution in [0.5, 0.6) is 5.88 Å². The first-order chi connectivity index (χ1) is 17.5. The number of anilines is 1. The molecule has 0 unspecified atom stereocenters. The van der Waals surface area contributed by atoms with Gasteiger partial charge in [0.1, 0.15) is 17.1 Å². The zero-order valence-corrected chi connectivity index (χ0v) is 20.1. The van der Waals surface area contributed by atoms with Crippen LogP contribution in [0.2, 0.25) is 10.0 Å². The van der Waals surface area contributed by atoms with Gasteiger partial charge in [-0.05, 0) is 23.8 Å². The zero-order valence-electron chi connectivity index (χ0n) is 18.6. The van der Waals surface area contributed by atoms with Crippen LogP contribution < -0.4 is 15.4 Å². The Bertz CT molecular complexity index is 1620. The molecule has 176 valence electrons. The number of para-hydroxylation sites is 1. The molecular weight excluding hydrogens is 497 g/mol. The summed E-state index contributed by atoms with van der Waals surface area (Å²) in [7, 11) is 0. The Morgan fingerprint density at radius 1 is 1.08 bits per heavy atom. The van der Waals surface area contributed by atoms with Crippen molar-refractivity contribution in [3.05, 3.63) is 111 Å². The Labute approximate surface area is 216 Å². The highest BCUT2D eigenvalue weighted by Gasteiger charge is 2.61. The Morgan fingerprint density at radius 2 is 1.83 bits per heavy atom. The fourth-order valence-electron chi connectivity index (χ4n) is 5.08. The first kappa shape index (κ1) is 22.2. The summed E-state index contributed by atoms with van der Waals surface area (Å²) in [5.41, 5.74) is 8.46. The molecular formula is C27H17Cl2N5O2. The quantitative estimate of drug-likeness (QED) is 0.386. The molecule has 3 heterocycles. The average molecular weight is 514 g/mol. The Hall–Kier alpha value is -4.25. The zero-order chi connectivity index (χ0) is 25.0. The summed E-state index contributed by atoms with van der Waals surface area (Å²) in [5.74, 6) is -0.358. The van der Waals surface area contributed by atoms with Gasteiger partial charge in [0.25, 0.3) is 0 Å². The summed E-state index contributed by atoms with van der Waals surface area (Å²) in [6.45, 7) is 0.168. The number of nitriles is 1. The van der Waals surface area contributed by atoms with Crippen LogP contribution in [0.3, 0.4) is 0 Å². The number of hydrogen-bond donors (Lipinski definition) is 2. The summed E-state index contributed by atoms with van der Waals surface area (Å²) < 4.78 is 5.76. The summed E-state index contributed by atoms with van der Waals surface area (Å²) in [4.78, 5) is 16.2. The molecule has 0 saturated heterocycles. The number of halogens is 2. The molecule has 3 aromatic carbocycles. The topological polar surface area (TPSA) is 108 Å². The third-order valence-electron chi connectivity index (χ3n) is 6.62. The van der Waals surface area contributed by atoms with Gasteiger partial charge in [0.15, 0.2) is 0 Å². The van der Waals surface area contributed by atoms with Crippen molar-refractivity contribution in [2.75, 3.05) is 4.90 Å². The Balaban J connectivity index is 1.63. The number of amides is 1. The molecule has 0 saturated carbocycles. The lowest BCUT2D eigenvalue weighted by Crippen LogP contribution is -2.45. The molecule has 3 N–H and O–H groups in total. The molecule has 1 amide bonds. The lowest BCUT2D eigenvalue weighted by molar-refractivity contribution is -0.121. The van der Waals surface area contributed by atoms with E-state index in [1.807, 2.05) is 54.6 Å². The number of nitrogens with zero attached hydrogens (tertiary/aromatic N) is 3. The van der Waals surface area contributed by atoms with Gasteiger partial charge in [0.05, 0.1) is 17.8 Å². The molecule has 0 radical (unpaired) electrons. The van der Waals surface area contributed by atoms with Crippen LogP contribution >= 0.6 is 23.2 Å². The molecule has 0 bridgehead atoms. The van der Waals surface area contributed by atoms with E-state index in [-0.39, 0.29) is 29.8 Å². The Kier molecular flexibility index (Phi) is 5.04. The first-order valence-electron chi connectivity index (χ1n) is 11.0. The van der Waals surface area contributed by atoms with E-state index in [2.05, 4.69) is 16.3 Å². The van der Waals surface area contributed by atoms with Gasteiger partial charge in [-0.1, -0.05) is 77.8 Å². The van der Waals surface area contributed by atoms with Crippen molar-refractivity contribution >= 4 is 34.8 Å². The third kappa shape index (κ3) is 2.99. The second-order valence-electron chi connectivity index (χ2n) is 8.49. The van der Waals surface area contributed by atoms with Gasteiger partial charge in [-0.2, -0.15) is 5.26 Å².